The van der Waals surface area contributed by atoms with E-state index in [2.05, 4.69) is 9.57 Å². The Bertz CT molecular complexity index is 304. The average molecular weight is 305 g/mol. The van der Waals surface area contributed by atoms with Gasteiger partial charge in [-0.1, -0.05) is 4.57 Å². The maximum Gasteiger partial charge on any atom is 0.447 e. The van der Waals surface area contributed by atoms with Crippen LogP contribution in [0.4, 0.5) is 13.2 Å². The predicted molar refractivity (Wildman–Crippen MR) is 61.5 cm³/mol. The van der Waals surface area contributed by atoms with Crippen LogP contribution in [0.3, 0.4) is 0 Å². The molecular weight excluding hydrogens is 288 g/mol. The van der Waals surface area contributed by atoms with E-state index in [0.29, 0.717) is 4.83 Å². The minimum atomic E-state index is -4.66. The summed E-state index contributed by atoms with van der Waals surface area (Å²) in [5.41, 5.74) is 5.06. The number of esters is 1. The topological polar surface area (TPSA) is 81.9 Å². The van der Waals surface area contributed by atoms with Gasteiger partial charge in [-0.25, -0.2) is 4.84 Å². The van der Waals surface area contributed by atoms with Crippen molar-refractivity contribution in [2.24, 2.45) is 5.73 Å². The van der Waals surface area contributed by atoms with Crippen molar-refractivity contribution in [1.82, 2.24) is 4.83 Å². The summed E-state index contributed by atoms with van der Waals surface area (Å²) in [6.45, 7) is 2.58. The maximum atomic E-state index is 12.6. The van der Waals surface area contributed by atoms with Gasteiger partial charge in [0.05, 0.1) is 6.61 Å². The van der Waals surface area contributed by atoms with Crippen molar-refractivity contribution in [3.63, 3.8) is 0 Å². The zero-order valence-corrected chi connectivity index (χ0v) is 11.6. The normalized spacial score (nSPS) is 15.5. The standard InChI is InChI=1S/C9H16F3N2O4P/c1-3-17-8(15)6(2)14(19-16)18-7(4-5-13)9(10,11)12/h6-7H,3-5,13H2,1-2H3/p+1. The molecule has 0 fully saturated rings. The zero-order chi connectivity index (χ0) is 15.1. The number of carbonyl (C=O) groups is 1. The monoisotopic (exact) mass is 305 g/mol. The van der Waals surface area contributed by atoms with Gasteiger partial charge in [-0.2, -0.15) is 13.2 Å². The summed E-state index contributed by atoms with van der Waals surface area (Å²) in [4.78, 5) is 16.3. The number of alkyl halides is 3. The minimum absolute atomic E-state index is 0.0600. The van der Waals surface area contributed by atoms with Crippen LogP contribution in [0.1, 0.15) is 20.3 Å². The van der Waals surface area contributed by atoms with Crippen LogP contribution in [0.5, 0.6) is 0 Å². The lowest BCUT2D eigenvalue weighted by Crippen LogP contribution is -2.42. The molecule has 112 valence electrons. The third-order valence-corrected chi connectivity index (χ3v) is 2.78. The van der Waals surface area contributed by atoms with Crippen molar-refractivity contribution < 1.29 is 32.1 Å². The van der Waals surface area contributed by atoms with Gasteiger partial charge < -0.3 is 10.5 Å². The highest BCUT2D eigenvalue weighted by molar-refractivity contribution is 7.20. The van der Waals surface area contributed by atoms with E-state index >= 15 is 0 Å². The Labute approximate surface area is 110 Å². The first-order valence-corrected chi connectivity index (χ1v) is 6.40. The minimum Gasteiger partial charge on any atom is -0.465 e. The smallest absolute Gasteiger partial charge is 0.447 e. The molecule has 3 unspecified atom stereocenters. The predicted octanol–water partition coefficient (Wildman–Crippen LogP) is 1.39. The van der Waals surface area contributed by atoms with Crippen molar-refractivity contribution in [3.05, 3.63) is 0 Å². The largest absolute Gasteiger partial charge is 0.465 e. The van der Waals surface area contributed by atoms with Crippen molar-refractivity contribution >= 4 is 14.6 Å². The van der Waals surface area contributed by atoms with Gasteiger partial charge in [0, 0.05) is 4.83 Å². The molecule has 0 saturated carbocycles. The molecule has 0 rings (SSSR count). The molecule has 0 aromatic rings. The van der Waals surface area contributed by atoms with Crippen LogP contribution in [-0.2, 0) is 18.9 Å². The summed E-state index contributed by atoms with van der Waals surface area (Å²) >= 11 is 0. The second-order valence-electron chi connectivity index (χ2n) is 3.56. The highest BCUT2D eigenvalue weighted by Gasteiger charge is 2.45. The fourth-order valence-corrected chi connectivity index (χ4v) is 1.55. The van der Waals surface area contributed by atoms with E-state index in [9.17, 15) is 22.5 Å². The Hall–Kier alpha value is -0.760. The highest BCUT2D eigenvalue weighted by atomic mass is 31.1. The van der Waals surface area contributed by atoms with Gasteiger partial charge in [0.25, 0.3) is 0 Å². The number of halogens is 3. The van der Waals surface area contributed by atoms with Crippen molar-refractivity contribution in [2.75, 3.05) is 13.2 Å². The number of carbonyl (C=O) groups excluding carboxylic acids is 1. The highest BCUT2D eigenvalue weighted by Crippen LogP contribution is 2.28. The Morgan fingerprint density at radius 3 is 2.42 bits per heavy atom. The van der Waals surface area contributed by atoms with Gasteiger partial charge in [-0.15, -0.1) is 0 Å². The first-order chi connectivity index (χ1) is 8.77. The maximum absolute atomic E-state index is 12.6. The quantitative estimate of drug-likeness (QED) is 0.414. The molecular formula is C9H17F3N2O4P+. The summed E-state index contributed by atoms with van der Waals surface area (Å²) in [5, 5.41) is 0. The molecule has 0 saturated heterocycles. The average Bonchev–Trinajstić information content (AvgIpc) is 2.32. The van der Waals surface area contributed by atoms with E-state index in [1.165, 1.54) is 6.92 Å². The third kappa shape index (κ3) is 6.29. The van der Waals surface area contributed by atoms with Gasteiger partial charge in [0.2, 0.25) is 0 Å². The van der Waals surface area contributed by atoms with E-state index in [1.807, 2.05) is 0 Å². The SMILES string of the molecule is CCOC(=O)C(C)N(OC(CCN)C(F)(F)F)[PH+]=O. The number of nitrogens with two attached hydrogens (primary N) is 1. The molecule has 3 atom stereocenters. The Morgan fingerprint density at radius 1 is 1.47 bits per heavy atom. The molecule has 0 aromatic carbocycles. The molecule has 0 amide bonds. The zero-order valence-electron chi connectivity index (χ0n) is 10.6. The molecule has 0 bridgehead atoms. The van der Waals surface area contributed by atoms with E-state index < -0.39 is 39.3 Å². The molecule has 0 aliphatic carbocycles. The van der Waals surface area contributed by atoms with Crippen LogP contribution in [-0.4, -0.2) is 42.3 Å². The van der Waals surface area contributed by atoms with E-state index in [1.54, 1.807) is 6.92 Å². The van der Waals surface area contributed by atoms with Crippen LogP contribution >= 0.6 is 8.61 Å². The van der Waals surface area contributed by atoms with Gasteiger partial charge >= 0.3 is 20.8 Å². The van der Waals surface area contributed by atoms with Crippen molar-refractivity contribution in [2.45, 2.75) is 38.6 Å². The van der Waals surface area contributed by atoms with E-state index in [4.69, 9.17) is 5.73 Å². The van der Waals surface area contributed by atoms with Gasteiger partial charge in [-0.3, -0.25) is 4.79 Å². The lowest BCUT2D eigenvalue weighted by atomic mass is 10.2. The molecule has 0 aliphatic rings. The van der Waals surface area contributed by atoms with E-state index in [0.717, 1.165) is 0 Å². The fraction of sp³-hybridized carbons (Fsp3) is 0.889. The van der Waals surface area contributed by atoms with E-state index in [-0.39, 0.29) is 13.2 Å². The van der Waals surface area contributed by atoms with Crippen molar-refractivity contribution in [3.8, 4) is 0 Å². The summed E-state index contributed by atoms with van der Waals surface area (Å²) in [7, 11) is -1.38. The molecule has 0 aromatic heterocycles. The Kier molecular flexibility index (Phi) is 8.08. The van der Waals surface area contributed by atoms with Gasteiger partial charge in [-0.05, 0) is 26.8 Å². The molecule has 19 heavy (non-hydrogen) atoms. The van der Waals surface area contributed by atoms with Crippen LogP contribution in [0.15, 0.2) is 0 Å². The molecule has 10 heteroatoms. The summed E-state index contributed by atoms with van der Waals surface area (Å²) in [6.07, 6.45) is -7.37. The molecule has 0 aliphatic heterocycles. The number of nitrogens with zero attached hydrogens (tertiary/aromatic N) is 1. The summed E-state index contributed by atoms with van der Waals surface area (Å²) < 4.78 is 53.3. The molecule has 0 spiro atoms. The summed E-state index contributed by atoms with van der Waals surface area (Å²) in [5.74, 6) is -0.820. The molecule has 0 heterocycles. The second kappa shape index (κ2) is 8.42. The number of ether oxygens (including phenoxy) is 1. The number of rotatable bonds is 8. The summed E-state index contributed by atoms with van der Waals surface area (Å²) in [6, 6.07) is -1.21. The first kappa shape index (κ1) is 18.2. The number of hydrogen-bond acceptors (Lipinski definition) is 5. The number of hydroxylamine groups is 1. The number of hydrogen-bond donors (Lipinski definition) is 1. The van der Waals surface area contributed by atoms with Crippen LogP contribution in [0.2, 0.25) is 0 Å². The fourth-order valence-electron chi connectivity index (χ4n) is 1.12. The lowest BCUT2D eigenvalue weighted by Gasteiger charge is -2.23. The Morgan fingerprint density at radius 2 is 2.05 bits per heavy atom. The first-order valence-electron chi connectivity index (χ1n) is 5.55. The van der Waals surface area contributed by atoms with Crippen LogP contribution in [0, 0.1) is 0 Å². The van der Waals surface area contributed by atoms with Gasteiger partial charge in [0.15, 0.2) is 12.1 Å². The van der Waals surface area contributed by atoms with Crippen LogP contribution in [0.25, 0.3) is 0 Å². The third-order valence-electron chi connectivity index (χ3n) is 2.10. The van der Waals surface area contributed by atoms with Crippen molar-refractivity contribution in [1.29, 1.82) is 0 Å². The molecule has 0 radical (unpaired) electrons. The van der Waals surface area contributed by atoms with Gasteiger partial charge in [0.1, 0.15) is 0 Å². The molecule has 6 nitrogen and oxygen atoms in total. The molecule has 2 N–H and O–H groups in total. The second-order valence-corrected chi connectivity index (χ2v) is 4.18. The lowest BCUT2D eigenvalue weighted by molar-refractivity contribution is -0.278. The Balaban J connectivity index is 4.76. The van der Waals surface area contributed by atoms with Crippen LogP contribution < -0.4 is 5.73 Å².